The fourth-order valence-corrected chi connectivity index (χ4v) is 2.49. The Balaban J connectivity index is 2.31. The van der Waals surface area contributed by atoms with Gasteiger partial charge in [-0.25, -0.2) is 18.4 Å². The van der Waals surface area contributed by atoms with Gasteiger partial charge in [0.25, 0.3) is 0 Å². The zero-order valence-corrected chi connectivity index (χ0v) is 11.4. The maximum atomic E-state index is 11.7. The second-order valence-electron chi connectivity index (χ2n) is 4.58. The van der Waals surface area contributed by atoms with Crippen LogP contribution in [-0.4, -0.2) is 55.8 Å². The van der Waals surface area contributed by atoms with E-state index in [1.165, 1.54) is 4.90 Å². The van der Waals surface area contributed by atoms with Crippen molar-refractivity contribution >= 4 is 22.0 Å². The van der Waals surface area contributed by atoms with Gasteiger partial charge >= 0.3 is 12.0 Å². The second-order valence-corrected chi connectivity index (χ2v) is 6.31. The smallest absolute Gasteiger partial charge is 0.317 e. The summed E-state index contributed by atoms with van der Waals surface area (Å²) >= 11 is 0. The van der Waals surface area contributed by atoms with Crippen LogP contribution in [0.15, 0.2) is 0 Å². The quantitative estimate of drug-likeness (QED) is 0.570. The molecule has 0 aromatic carbocycles. The van der Waals surface area contributed by atoms with Crippen LogP contribution in [0, 0.1) is 5.92 Å². The number of sulfonamides is 1. The lowest BCUT2D eigenvalue weighted by Gasteiger charge is -2.30. The fourth-order valence-electron chi connectivity index (χ4n) is 1.94. The molecule has 9 heteroatoms. The van der Waals surface area contributed by atoms with Crippen LogP contribution in [0.4, 0.5) is 4.79 Å². The maximum Gasteiger partial charge on any atom is 0.317 e. The van der Waals surface area contributed by atoms with Crippen LogP contribution in [-0.2, 0) is 14.8 Å². The lowest BCUT2D eigenvalue weighted by atomic mass is 9.99. The van der Waals surface area contributed by atoms with Crippen molar-refractivity contribution in [3.63, 3.8) is 0 Å². The predicted molar refractivity (Wildman–Crippen MR) is 67.9 cm³/mol. The Kier molecular flexibility index (Phi) is 5.55. The molecule has 1 saturated heterocycles. The number of hydrogen-bond acceptors (Lipinski definition) is 4. The van der Waals surface area contributed by atoms with E-state index in [2.05, 4.69) is 5.32 Å². The highest BCUT2D eigenvalue weighted by molar-refractivity contribution is 7.89. The molecule has 0 spiro atoms. The number of nitrogens with one attached hydrogen (secondary N) is 1. The Labute approximate surface area is 112 Å². The molecule has 0 unspecified atom stereocenters. The standard InChI is InChI=1S/C10H19N3O5S/c11-19(17,18)6-2-4-12-10(16)13-5-1-3-8(7-13)9(14)15/h8H,1-7H2,(H,12,16)(H,14,15)(H2,11,17,18)/t8-/m0/s1. The van der Waals surface area contributed by atoms with Crippen molar-refractivity contribution in [2.45, 2.75) is 19.3 Å². The van der Waals surface area contributed by atoms with Crippen molar-refractivity contribution < 1.29 is 23.1 Å². The highest BCUT2D eigenvalue weighted by Gasteiger charge is 2.27. The first-order valence-electron chi connectivity index (χ1n) is 6.05. The summed E-state index contributed by atoms with van der Waals surface area (Å²) in [4.78, 5) is 24.0. The molecule has 8 nitrogen and oxygen atoms in total. The maximum absolute atomic E-state index is 11.7. The first-order chi connectivity index (χ1) is 8.79. The van der Waals surface area contributed by atoms with Gasteiger partial charge in [-0.1, -0.05) is 0 Å². The lowest BCUT2D eigenvalue weighted by Crippen LogP contribution is -2.47. The molecule has 0 radical (unpaired) electrons. The van der Waals surface area contributed by atoms with Gasteiger partial charge in [-0.15, -0.1) is 0 Å². The van der Waals surface area contributed by atoms with Crippen molar-refractivity contribution in [1.29, 1.82) is 0 Å². The van der Waals surface area contributed by atoms with Crippen LogP contribution >= 0.6 is 0 Å². The van der Waals surface area contributed by atoms with Gasteiger partial charge in [-0.3, -0.25) is 4.79 Å². The Morgan fingerprint density at radius 2 is 2.11 bits per heavy atom. The highest BCUT2D eigenvalue weighted by atomic mass is 32.2. The van der Waals surface area contributed by atoms with Crippen LogP contribution in [0.5, 0.6) is 0 Å². The number of carboxylic acids is 1. The van der Waals surface area contributed by atoms with E-state index in [1.807, 2.05) is 0 Å². The van der Waals surface area contributed by atoms with E-state index in [1.54, 1.807) is 0 Å². The van der Waals surface area contributed by atoms with E-state index in [-0.39, 0.29) is 31.3 Å². The van der Waals surface area contributed by atoms with Crippen LogP contribution in [0.25, 0.3) is 0 Å². The van der Waals surface area contributed by atoms with Crippen LogP contribution < -0.4 is 10.5 Å². The second kappa shape index (κ2) is 6.71. The largest absolute Gasteiger partial charge is 0.481 e. The third kappa shape index (κ3) is 5.88. The van der Waals surface area contributed by atoms with E-state index in [0.717, 1.165) is 0 Å². The van der Waals surface area contributed by atoms with Crippen molar-refractivity contribution in [2.75, 3.05) is 25.4 Å². The Hall–Kier alpha value is -1.35. The molecule has 2 amide bonds. The predicted octanol–water partition coefficient (Wildman–Crippen LogP) is -0.829. The Morgan fingerprint density at radius 3 is 2.68 bits per heavy atom. The number of rotatable bonds is 5. The average Bonchev–Trinajstić information content (AvgIpc) is 2.33. The molecule has 0 aromatic rings. The van der Waals surface area contributed by atoms with E-state index in [9.17, 15) is 18.0 Å². The van der Waals surface area contributed by atoms with Crippen LogP contribution in [0.2, 0.25) is 0 Å². The number of amides is 2. The third-order valence-electron chi connectivity index (χ3n) is 2.94. The minimum absolute atomic E-state index is 0.189. The molecule has 1 atom stereocenters. The summed E-state index contributed by atoms with van der Waals surface area (Å²) in [5.41, 5.74) is 0. The lowest BCUT2D eigenvalue weighted by molar-refractivity contribution is -0.143. The van der Waals surface area contributed by atoms with Gasteiger partial charge in [-0.05, 0) is 19.3 Å². The normalized spacial score (nSPS) is 20.1. The minimum Gasteiger partial charge on any atom is -0.481 e. The zero-order valence-electron chi connectivity index (χ0n) is 10.5. The number of aliphatic carboxylic acids is 1. The fraction of sp³-hybridized carbons (Fsp3) is 0.800. The number of piperidine rings is 1. The molecular formula is C10H19N3O5S. The molecule has 0 aliphatic carbocycles. The van der Waals surface area contributed by atoms with Gasteiger partial charge in [0.05, 0.1) is 11.7 Å². The SMILES string of the molecule is NS(=O)(=O)CCCNC(=O)N1CCC[C@H](C(=O)O)C1. The van der Waals surface area contributed by atoms with Crippen molar-refractivity contribution in [1.82, 2.24) is 10.2 Å². The number of primary sulfonamides is 1. The average molecular weight is 293 g/mol. The number of nitrogens with zero attached hydrogens (tertiary/aromatic N) is 1. The summed E-state index contributed by atoms with van der Waals surface area (Å²) < 4.78 is 21.4. The zero-order chi connectivity index (χ0) is 14.5. The molecule has 19 heavy (non-hydrogen) atoms. The molecule has 0 bridgehead atoms. The van der Waals surface area contributed by atoms with Gasteiger partial charge in [0, 0.05) is 19.6 Å². The summed E-state index contributed by atoms with van der Waals surface area (Å²) in [5, 5.41) is 16.3. The molecule has 1 aliphatic heterocycles. The molecule has 1 rings (SSSR count). The molecule has 4 N–H and O–H groups in total. The first-order valence-corrected chi connectivity index (χ1v) is 7.77. The van der Waals surface area contributed by atoms with Crippen molar-refractivity contribution in [3.8, 4) is 0 Å². The van der Waals surface area contributed by atoms with Gasteiger partial charge < -0.3 is 15.3 Å². The van der Waals surface area contributed by atoms with E-state index < -0.39 is 21.9 Å². The molecule has 1 heterocycles. The number of urea groups is 1. The third-order valence-corrected chi connectivity index (χ3v) is 3.80. The molecular weight excluding hydrogens is 274 g/mol. The number of carboxylic acid groups (broad SMARTS) is 1. The number of carbonyl (C=O) groups is 2. The van der Waals surface area contributed by atoms with E-state index in [4.69, 9.17) is 10.2 Å². The summed E-state index contributed by atoms with van der Waals surface area (Å²) in [6, 6.07) is -0.361. The van der Waals surface area contributed by atoms with E-state index in [0.29, 0.717) is 19.4 Å². The minimum atomic E-state index is -3.51. The first kappa shape index (κ1) is 15.7. The summed E-state index contributed by atoms with van der Waals surface area (Å²) in [5.74, 6) is -1.61. The Bertz CT molecular complexity index is 436. The van der Waals surface area contributed by atoms with Gasteiger partial charge in [0.2, 0.25) is 10.0 Å². The number of hydrogen-bond donors (Lipinski definition) is 3. The van der Waals surface area contributed by atoms with Gasteiger partial charge in [0.1, 0.15) is 0 Å². The van der Waals surface area contributed by atoms with Crippen LogP contribution in [0.1, 0.15) is 19.3 Å². The molecule has 1 fully saturated rings. The van der Waals surface area contributed by atoms with Gasteiger partial charge in [-0.2, -0.15) is 0 Å². The Morgan fingerprint density at radius 1 is 1.42 bits per heavy atom. The summed E-state index contributed by atoms with van der Waals surface area (Å²) in [6.07, 6.45) is 1.47. The molecule has 0 saturated carbocycles. The summed E-state index contributed by atoms with van der Waals surface area (Å²) in [6.45, 7) is 0.907. The van der Waals surface area contributed by atoms with Crippen LogP contribution in [0.3, 0.4) is 0 Å². The number of likely N-dealkylation sites (tertiary alicyclic amines) is 1. The number of carbonyl (C=O) groups excluding carboxylic acids is 1. The van der Waals surface area contributed by atoms with Gasteiger partial charge in [0.15, 0.2) is 0 Å². The van der Waals surface area contributed by atoms with Crippen molar-refractivity contribution in [3.05, 3.63) is 0 Å². The molecule has 0 aromatic heterocycles. The van der Waals surface area contributed by atoms with Crippen molar-refractivity contribution in [2.24, 2.45) is 11.1 Å². The topological polar surface area (TPSA) is 130 Å². The monoisotopic (exact) mass is 293 g/mol. The molecule has 110 valence electrons. The number of nitrogens with two attached hydrogens (primary N) is 1. The van der Waals surface area contributed by atoms with E-state index >= 15 is 0 Å². The molecule has 1 aliphatic rings. The highest BCUT2D eigenvalue weighted by Crippen LogP contribution is 2.16. The summed E-state index contributed by atoms with van der Waals surface area (Å²) in [7, 11) is -3.51.